The quantitative estimate of drug-likeness (QED) is 0.709. The second-order valence-corrected chi connectivity index (χ2v) is 7.16. The highest BCUT2D eigenvalue weighted by atomic mass is 16.5. The summed E-state index contributed by atoms with van der Waals surface area (Å²) < 4.78 is 10.6. The molecule has 7 heteroatoms. The SMILES string of the molecule is CCc1ccccc1N1C[C@@H](C(=O)O[C@H](C)C(=O)Nc2ccccc2OC)CC1=O. The lowest BCUT2D eigenvalue weighted by Crippen LogP contribution is -2.33. The van der Waals surface area contributed by atoms with Crippen LogP contribution in [-0.4, -0.2) is 37.5 Å². The number of benzene rings is 2. The van der Waals surface area contributed by atoms with Gasteiger partial charge in [-0.3, -0.25) is 14.4 Å². The third-order valence-electron chi connectivity index (χ3n) is 5.15. The van der Waals surface area contributed by atoms with Crippen molar-refractivity contribution in [2.45, 2.75) is 32.8 Å². The van der Waals surface area contributed by atoms with E-state index in [0.29, 0.717) is 11.4 Å². The van der Waals surface area contributed by atoms with Gasteiger partial charge in [-0.05, 0) is 37.1 Å². The van der Waals surface area contributed by atoms with E-state index in [1.807, 2.05) is 31.2 Å². The number of para-hydroxylation sites is 3. The molecule has 158 valence electrons. The number of anilines is 2. The molecule has 0 saturated carbocycles. The van der Waals surface area contributed by atoms with Crippen molar-refractivity contribution in [3.63, 3.8) is 0 Å². The minimum atomic E-state index is -1.01. The Morgan fingerprint density at radius 2 is 1.87 bits per heavy atom. The zero-order chi connectivity index (χ0) is 21.7. The highest BCUT2D eigenvalue weighted by molar-refractivity contribution is 6.01. The lowest BCUT2D eigenvalue weighted by molar-refractivity contribution is -0.157. The molecule has 2 aromatic rings. The Kier molecular flexibility index (Phi) is 6.72. The van der Waals surface area contributed by atoms with Gasteiger partial charge in [0.05, 0.1) is 18.7 Å². The molecule has 0 aromatic heterocycles. The minimum absolute atomic E-state index is 0.0672. The van der Waals surface area contributed by atoms with Crippen LogP contribution in [-0.2, 0) is 25.5 Å². The van der Waals surface area contributed by atoms with Gasteiger partial charge in [0.2, 0.25) is 5.91 Å². The van der Waals surface area contributed by atoms with Crippen molar-refractivity contribution in [2.24, 2.45) is 5.92 Å². The van der Waals surface area contributed by atoms with Crippen molar-refractivity contribution in [1.29, 1.82) is 0 Å². The van der Waals surface area contributed by atoms with E-state index >= 15 is 0 Å². The van der Waals surface area contributed by atoms with Crippen LogP contribution < -0.4 is 15.0 Å². The van der Waals surface area contributed by atoms with Crippen molar-refractivity contribution in [3.8, 4) is 5.75 Å². The van der Waals surface area contributed by atoms with Gasteiger partial charge >= 0.3 is 5.97 Å². The fraction of sp³-hybridized carbons (Fsp3) is 0.348. The predicted octanol–water partition coefficient (Wildman–Crippen LogP) is 3.18. The molecule has 1 saturated heterocycles. The zero-order valence-electron chi connectivity index (χ0n) is 17.4. The van der Waals surface area contributed by atoms with Crippen LogP contribution in [0.2, 0.25) is 0 Å². The number of rotatable bonds is 7. The predicted molar refractivity (Wildman–Crippen MR) is 113 cm³/mol. The third-order valence-corrected chi connectivity index (χ3v) is 5.15. The van der Waals surface area contributed by atoms with E-state index in [-0.39, 0.29) is 18.9 Å². The maximum Gasteiger partial charge on any atom is 0.312 e. The second kappa shape index (κ2) is 9.43. The fourth-order valence-corrected chi connectivity index (χ4v) is 3.48. The summed E-state index contributed by atoms with van der Waals surface area (Å²) in [6, 6.07) is 14.6. The minimum Gasteiger partial charge on any atom is -0.495 e. The number of amides is 2. The molecule has 30 heavy (non-hydrogen) atoms. The Labute approximate surface area is 176 Å². The summed E-state index contributed by atoms with van der Waals surface area (Å²) >= 11 is 0. The number of methoxy groups -OCH3 is 1. The molecule has 1 heterocycles. The summed E-state index contributed by atoms with van der Waals surface area (Å²) in [6.45, 7) is 3.77. The lowest BCUT2D eigenvalue weighted by atomic mass is 10.1. The van der Waals surface area contributed by atoms with Crippen molar-refractivity contribution >= 4 is 29.2 Å². The van der Waals surface area contributed by atoms with Crippen LogP contribution in [0.4, 0.5) is 11.4 Å². The summed E-state index contributed by atoms with van der Waals surface area (Å²) in [4.78, 5) is 39.2. The Balaban J connectivity index is 1.62. The van der Waals surface area contributed by atoms with Gasteiger partial charge in [0.15, 0.2) is 6.10 Å². The zero-order valence-corrected chi connectivity index (χ0v) is 17.4. The largest absolute Gasteiger partial charge is 0.495 e. The summed E-state index contributed by atoms with van der Waals surface area (Å²) in [6.07, 6.45) is -0.151. The normalized spacial score (nSPS) is 16.8. The Morgan fingerprint density at radius 1 is 1.17 bits per heavy atom. The number of hydrogen-bond acceptors (Lipinski definition) is 5. The van der Waals surface area contributed by atoms with Crippen molar-refractivity contribution in [3.05, 3.63) is 54.1 Å². The third kappa shape index (κ3) is 4.62. The molecule has 0 radical (unpaired) electrons. The molecular weight excluding hydrogens is 384 g/mol. The molecule has 7 nitrogen and oxygen atoms in total. The molecule has 0 spiro atoms. The van der Waals surface area contributed by atoms with E-state index < -0.39 is 23.9 Å². The smallest absolute Gasteiger partial charge is 0.312 e. The number of hydrogen-bond donors (Lipinski definition) is 1. The van der Waals surface area contributed by atoms with Crippen LogP contribution in [0.3, 0.4) is 0 Å². The van der Waals surface area contributed by atoms with Gasteiger partial charge in [0.25, 0.3) is 5.91 Å². The molecule has 2 atom stereocenters. The van der Waals surface area contributed by atoms with E-state index in [1.165, 1.54) is 14.0 Å². The highest BCUT2D eigenvalue weighted by Gasteiger charge is 2.37. The number of nitrogens with one attached hydrogen (secondary N) is 1. The van der Waals surface area contributed by atoms with Gasteiger partial charge in [-0.15, -0.1) is 0 Å². The monoisotopic (exact) mass is 410 g/mol. The van der Waals surface area contributed by atoms with Crippen LogP contribution >= 0.6 is 0 Å². The molecular formula is C23H26N2O5. The Bertz CT molecular complexity index is 943. The van der Waals surface area contributed by atoms with Crippen LogP contribution in [0.1, 0.15) is 25.8 Å². The Hall–Kier alpha value is -3.35. The van der Waals surface area contributed by atoms with Gasteiger partial charge in [-0.2, -0.15) is 0 Å². The van der Waals surface area contributed by atoms with Crippen molar-refractivity contribution < 1.29 is 23.9 Å². The molecule has 0 unspecified atom stereocenters. The summed E-state index contributed by atoms with van der Waals surface area (Å²) in [5, 5.41) is 2.70. The van der Waals surface area contributed by atoms with Gasteiger partial charge < -0.3 is 19.7 Å². The first kappa shape index (κ1) is 21.4. The molecule has 2 amide bonds. The standard InChI is InChI=1S/C23H26N2O5/c1-4-16-9-5-7-11-19(16)25-14-17(13-21(25)26)23(28)30-15(2)22(27)24-18-10-6-8-12-20(18)29-3/h5-12,15,17H,4,13-14H2,1-3H3,(H,24,27)/t15-,17+/m1/s1. The van der Waals surface area contributed by atoms with E-state index in [0.717, 1.165) is 17.7 Å². The van der Waals surface area contributed by atoms with E-state index in [2.05, 4.69) is 5.32 Å². The maximum atomic E-state index is 12.6. The molecule has 2 aromatic carbocycles. The number of esters is 1. The summed E-state index contributed by atoms with van der Waals surface area (Å²) in [7, 11) is 1.51. The first-order valence-electron chi connectivity index (χ1n) is 9.97. The average molecular weight is 410 g/mol. The van der Waals surface area contributed by atoms with Crippen molar-refractivity contribution in [1.82, 2.24) is 0 Å². The molecule has 3 rings (SSSR count). The van der Waals surface area contributed by atoms with Crippen LogP contribution in [0, 0.1) is 5.92 Å². The maximum absolute atomic E-state index is 12.6. The van der Waals surface area contributed by atoms with Gasteiger partial charge in [0.1, 0.15) is 5.75 Å². The van der Waals surface area contributed by atoms with Crippen LogP contribution in [0.25, 0.3) is 0 Å². The summed E-state index contributed by atoms with van der Waals surface area (Å²) in [5.74, 6) is -1.24. The first-order chi connectivity index (χ1) is 14.4. The van der Waals surface area contributed by atoms with Crippen LogP contribution in [0.5, 0.6) is 5.75 Å². The number of aryl methyl sites for hydroxylation is 1. The highest BCUT2D eigenvalue weighted by Crippen LogP contribution is 2.29. The first-order valence-corrected chi connectivity index (χ1v) is 9.97. The van der Waals surface area contributed by atoms with E-state index in [1.54, 1.807) is 29.2 Å². The van der Waals surface area contributed by atoms with E-state index in [4.69, 9.17) is 9.47 Å². The van der Waals surface area contributed by atoms with Gasteiger partial charge in [-0.1, -0.05) is 37.3 Å². The molecule has 1 aliphatic rings. The molecule has 0 aliphatic carbocycles. The number of carbonyl (C=O) groups excluding carboxylic acids is 3. The van der Waals surface area contributed by atoms with Gasteiger partial charge in [0, 0.05) is 18.7 Å². The van der Waals surface area contributed by atoms with Crippen molar-refractivity contribution in [2.75, 3.05) is 23.9 Å². The fourth-order valence-electron chi connectivity index (χ4n) is 3.48. The number of ether oxygens (including phenoxy) is 2. The second-order valence-electron chi connectivity index (χ2n) is 7.16. The lowest BCUT2D eigenvalue weighted by Gasteiger charge is -2.20. The van der Waals surface area contributed by atoms with Gasteiger partial charge in [-0.25, -0.2) is 0 Å². The van der Waals surface area contributed by atoms with E-state index in [9.17, 15) is 14.4 Å². The molecule has 1 N–H and O–H groups in total. The topological polar surface area (TPSA) is 84.9 Å². The number of carbonyl (C=O) groups is 3. The molecule has 1 fully saturated rings. The Morgan fingerprint density at radius 3 is 2.60 bits per heavy atom. The van der Waals surface area contributed by atoms with Crippen LogP contribution in [0.15, 0.2) is 48.5 Å². The molecule has 0 bridgehead atoms. The number of nitrogens with zero attached hydrogens (tertiary/aromatic N) is 1. The molecule has 1 aliphatic heterocycles. The average Bonchev–Trinajstić information content (AvgIpc) is 3.15. The summed E-state index contributed by atoms with van der Waals surface area (Å²) in [5.41, 5.74) is 2.36.